The molecule has 0 saturated heterocycles. The summed E-state index contributed by atoms with van der Waals surface area (Å²) in [5.74, 6) is 0. The van der Waals surface area contributed by atoms with Crippen molar-refractivity contribution in [3.63, 3.8) is 0 Å². The van der Waals surface area contributed by atoms with Crippen LogP contribution in [0.15, 0.2) is 0 Å². The molecule has 0 bridgehead atoms. The van der Waals surface area contributed by atoms with Crippen LogP contribution in [0.4, 0.5) is 4.39 Å². The Hall–Kier alpha value is -0.160. The molecule has 0 atom stereocenters. The number of halogens is 1. The lowest BCUT2D eigenvalue weighted by Gasteiger charge is -1.93. The summed E-state index contributed by atoms with van der Waals surface area (Å²) in [6, 6.07) is -0.896. The first kappa shape index (κ1) is 5.84. The lowest BCUT2D eigenvalue weighted by atomic mass is 11.8. The van der Waals surface area contributed by atoms with Gasteiger partial charge in [-0.3, -0.25) is 0 Å². The lowest BCUT2D eigenvalue weighted by Crippen LogP contribution is -1.91. The SMILES string of the molecule is O=S(=O)([O-])[CH]F. The van der Waals surface area contributed by atoms with E-state index in [9.17, 15) is 4.39 Å². The maximum absolute atomic E-state index is 10.5. The molecule has 0 aliphatic rings. The Morgan fingerprint density at radius 3 is 1.83 bits per heavy atom. The Morgan fingerprint density at radius 2 is 1.83 bits per heavy atom. The molecule has 0 aliphatic carbocycles. The standard InChI is InChI=1S/CH2FO3S/c2-1-6(3,4)5/h1H,(H,3,4,5)/p-1. The van der Waals surface area contributed by atoms with Crippen LogP contribution in [0.25, 0.3) is 0 Å². The van der Waals surface area contributed by atoms with Gasteiger partial charge in [-0.05, 0) is 0 Å². The first-order valence-electron chi connectivity index (χ1n) is 0.954. The summed E-state index contributed by atoms with van der Waals surface area (Å²) in [6.45, 7) is 0. The van der Waals surface area contributed by atoms with Crippen molar-refractivity contribution >= 4 is 10.1 Å². The van der Waals surface area contributed by atoms with Crippen molar-refractivity contribution in [1.82, 2.24) is 0 Å². The van der Waals surface area contributed by atoms with Crippen LogP contribution in [-0.4, -0.2) is 13.0 Å². The molecule has 0 rings (SSSR count). The molecule has 0 saturated carbocycles. The second-order valence-electron chi connectivity index (χ2n) is 0.582. The fourth-order valence-corrected chi connectivity index (χ4v) is 0. The Bertz CT molecular complexity index is 113. The summed E-state index contributed by atoms with van der Waals surface area (Å²) in [5.41, 5.74) is 0. The quantitative estimate of drug-likeness (QED) is 0.434. The van der Waals surface area contributed by atoms with Crippen LogP contribution in [0.2, 0.25) is 0 Å². The van der Waals surface area contributed by atoms with E-state index < -0.39 is 16.1 Å². The van der Waals surface area contributed by atoms with Crippen molar-refractivity contribution in [2.24, 2.45) is 0 Å². The van der Waals surface area contributed by atoms with Crippen LogP contribution in [0.1, 0.15) is 0 Å². The average molecular weight is 112 g/mol. The van der Waals surface area contributed by atoms with Gasteiger partial charge in [0.2, 0.25) is 6.01 Å². The maximum atomic E-state index is 10.5. The number of hydrogen-bond acceptors (Lipinski definition) is 3. The molecule has 0 fully saturated rings. The minimum absolute atomic E-state index is 0.896. The van der Waals surface area contributed by atoms with Crippen LogP contribution in [0, 0.1) is 6.01 Å². The fraction of sp³-hybridized carbons (Fsp3) is 0. The summed E-state index contributed by atoms with van der Waals surface area (Å²) in [6.07, 6.45) is 0. The van der Waals surface area contributed by atoms with Crippen molar-refractivity contribution in [2.45, 2.75) is 0 Å². The predicted molar refractivity (Wildman–Crippen MR) is 15.1 cm³/mol. The monoisotopic (exact) mass is 112 g/mol. The molecule has 0 N–H and O–H groups in total. The van der Waals surface area contributed by atoms with Gasteiger partial charge in [-0.25, -0.2) is 12.8 Å². The summed E-state index contributed by atoms with van der Waals surface area (Å²) in [4.78, 5) is 0. The third kappa shape index (κ3) is 3.84. The highest BCUT2D eigenvalue weighted by molar-refractivity contribution is 7.87. The van der Waals surface area contributed by atoms with Gasteiger partial charge in [0.15, 0.2) is 0 Å². The van der Waals surface area contributed by atoms with E-state index >= 15 is 0 Å². The van der Waals surface area contributed by atoms with Crippen LogP contribution >= 0.6 is 0 Å². The molecule has 6 heavy (non-hydrogen) atoms. The Labute approximate surface area is 34.5 Å². The van der Waals surface area contributed by atoms with E-state index in [2.05, 4.69) is 0 Å². The molecule has 1 radical (unpaired) electrons. The Balaban J connectivity index is 3.85. The van der Waals surface area contributed by atoms with Crippen LogP contribution in [0.3, 0.4) is 0 Å². The van der Waals surface area contributed by atoms with E-state index in [4.69, 9.17) is 13.0 Å². The molecule has 0 heterocycles. The summed E-state index contributed by atoms with van der Waals surface area (Å²) < 4.78 is 37.5. The van der Waals surface area contributed by atoms with E-state index in [1.54, 1.807) is 0 Å². The van der Waals surface area contributed by atoms with Gasteiger partial charge in [-0.2, -0.15) is 0 Å². The molecule has 0 aromatic rings. The molecule has 0 spiro atoms. The van der Waals surface area contributed by atoms with Crippen molar-refractivity contribution < 1.29 is 17.4 Å². The highest BCUT2D eigenvalue weighted by Crippen LogP contribution is 1.85. The lowest BCUT2D eigenvalue weighted by molar-refractivity contribution is 0.452. The largest absolute Gasteiger partial charge is 0.746 e. The predicted octanol–water partition coefficient (Wildman–Crippen LogP) is -0.380. The van der Waals surface area contributed by atoms with Gasteiger partial charge in [0.1, 0.15) is 10.1 Å². The zero-order valence-electron chi connectivity index (χ0n) is 2.59. The molecular formula is CHFO3S-. The van der Waals surface area contributed by atoms with Gasteiger partial charge in [0.05, 0.1) is 0 Å². The second kappa shape index (κ2) is 1.53. The summed E-state index contributed by atoms with van der Waals surface area (Å²) in [5, 5.41) is 0. The van der Waals surface area contributed by atoms with Crippen LogP contribution < -0.4 is 0 Å². The molecular weight excluding hydrogens is 111 g/mol. The van der Waals surface area contributed by atoms with Gasteiger partial charge in [-0.1, -0.05) is 0 Å². The van der Waals surface area contributed by atoms with Crippen LogP contribution in [0.5, 0.6) is 0 Å². The molecule has 5 heteroatoms. The van der Waals surface area contributed by atoms with Gasteiger partial charge in [-0.15, -0.1) is 0 Å². The molecule has 0 unspecified atom stereocenters. The average Bonchev–Trinajstić information content (AvgIpc) is 1.35. The molecule has 37 valence electrons. The van der Waals surface area contributed by atoms with Crippen molar-refractivity contribution in [2.75, 3.05) is 0 Å². The second-order valence-corrected chi connectivity index (χ2v) is 1.75. The van der Waals surface area contributed by atoms with E-state index in [0.717, 1.165) is 0 Å². The van der Waals surface area contributed by atoms with Crippen molar-refractivity contribution in [3.8, 4) is 0 Å². The number of rotatable bonds is 1. The van der Waals surface area contributed by atoms with E-state index in [1.807, 2.05) is 0 Å². The van der Waals surface area contributed by atoms with Gasteiger partial charge in [0, 0.05) is 0 Å². The van der Waals surface area contributed by atoms with E-state index in [0.29, 0.717) is 0 Å². The molecule has 0 amide bonds. The number of hydrogen-bond donors (Lipinski definition) is 0. The minimum atomic E-state index is -4.70. The fourth-order valence-electron chi connectivity index (χ4n) is 0. The van der Waals surface area contributed by atoms with Crippen molar-refractivity contribution in [1.29, 1.82) is 0 Å². The summed E-state index contributed by atoms with van der Waals surface area (Å²) >= 11 is 0. The maximum Gasteiger partial charge on any atom is 0.233 e. The zero-order chi connectivity index (χ0) is 5.21. The Kier molecular flexibility index (Phi) is 1.48. The summed E-state index contributed by atoms with van der Waals surface area (Å²) in [7, 11) is -4.70. The topological polar surface area (TPSA) is 57.2 Å². The highest BCUT2D eigenvalue weighted by Gasteiger charge is 1.86. The normalized spacial score (nSPS) is 11.7. The minimum Gasteiger partial charge on any atom is -0.746 e. The highest BCUT2D eigenvalue weighted by atomic mass is 32.2. The molecule has 0 aliphatic heterocycles. The van der Waals surface area contributed by atoms with Crippen LogP contribution in [-0.2, 0) is 10.1 Å². The van der Waals surface area contributed by atoms with E-state index in [1.165, 1.54) is 0 Å². The first-order chi connectivity index (χ1) is 2.56. The third-order valence-corrected chi connectivity index (χ3v) is 0.327. The van der Waals surface area contributed by atoms with Gasteiger partial charge < -0.3 is 4.55 Å². The molecule has 3 nitrogen and oxygen atoms in total. The zero-order valence-corrected chi connectivity index (χ0v) is 3.40. The smallest absolute Gasteiger partial charge is 0.233 e. The Morgan fingerprint density at radius 1 is 1.67 bits per heavy atom. The van der Waals surface area contributed by atoms with E-state index in [-0.39, 0.29) is 0 Å². The third-order valence-electron chi connectivity index (χ3n) is 0.109. The molecule has 0 aromatic heterocycles. The van der Waals surface area contributed by atoms with Gasteiger partial charge in [0.25, 0.3) is 0 Å². The van der Waals surface area contributed by atoms with Crippen molar-refractivity contribution in [3.05, 3.63) is 6.01 Å². The van der Waals surface area contributed by atoms with Gasteiger partial charge >= 0.3 is 0 Å². The first-order valence-corrected chi connectivity index (χ1v) is 2.43. The molecule has 0 aromatic carbocycles.